The zero-order chi connectivity index (χ0) is 14.6. The normalized spacial score (nSPS) is 10.6. The molecule has 0 bridgehead atoms. The summed E-state index contributed by atoms with van der Waals surface area (Å²) >= 11 is 0. The highest BCUT2D eigenvalue weighted by Crippen LogP contribution is 2.19. The number of ether oxygens (including phenoxy) is 1. The molecule has 1 aromatic carbocycles. The van der Waals surface area contributed by atoms with Crippen LogP contribution in [0.15, 0.2) is 18.2 Å². The van der Waals surface area contributed by atoms with Crippen molar-refractivity contribution < 1.29 is 32.2 Å². The van der Waals surface area contributed by atoms with Gasteiger partial charge in [0.1, 0.15) is 11.4 Å². The van der Waals surface area contributed by atoms with Gasteiger partial charge in [-0.3, -0.25) is 4.72 Å². The van der Waals surface area contributed by atoms with E-state index in [4.69, 9.17) is 5.11 Å². The largest absolute Gasteiger partial charge is 0.478 e. The van der Waals surface area contributed by atoms with Gasteiger partial charge in [0.25, 0.3) is 0 Å². The Morgan fingerprint density at radius 1 is 1.37 bits per heavy atom. The number of nitrogens with one attached hydrogen (secondary N) is 2. The number of hydrogen-bond donors (Lipinski definition) is 3. The highest BCUT2D eigenvalue weighted by Gasteiger charge is 2.21. The quantitative estimate of drug-likeness (QED) is 0.744. The first-order chi connectivity index (χ1) is 8.76. The number of halogens is 1. The lowest BCUT2D eigenvalue weighted by molar-refractivity contribution is 0.0693. The van der Waals surface area contributed by atoms with Crippen molar-refractivity contribution in [2.24, 2.45) is 0 Å². The molecule has 0 unspecified atom stereocenters. The molecule has 0 aliphatic carbocycles. The molecule has 104 valence electrons. The van der Waals surface area contributed by atoms with Gasteiger partial charge in [0.05, 0.1) is 12.8 Å². The number of carbonyl (C=O) groups is 2. The predicted octanol–water partition coefficient (Wildman–Crippen LogP) is 0.537. The maximum absolute atomic E-state index is 13.3. The van der Waals surface area contributed by atoms with Crippen LogP contribution in [0.3, 0.4) is 0 Å². The average Bonchev–Trinajstić information content (AvgIpc) is 2.26. The molecule has 0 aliphatic rings. The molecule has 0 fully saturated rings. The summed E-state index contributed by atoms with van der Waals surface area (Å²) in [6.07, 6.45) is -1.28. The maximum Gasteiger partial charge on any atom is 0.422 e. The third kappa shape index (κ3) is 3.81. The molecule has 1 rings (SSSR count). The van der Waals surface area contributed by atoms with Crippen molar-refractivity contribution in [3.8, 4) is 0 Å². The van der Waals surface area contributed by atoms with Crippen LogP contribution in [-0.2, 0) is 14.9 Å². The van der Waals surface area contributed by atoms with E-state index in [9.17, 15) is 22.4 Å². The molecule has 8 nitrogen and oxygen atoms in total. The van der Waals surface area contributed by atoms with Crippen molar-refractivity contribution in [2.75, 3.05) is 11.8 Å². The molecule has 19 heavy (non-hydrogen) atoms. The molecule has 10 heteroatoms. The van der Waals surface area contributed by atoms with Crippen molar-refractivity contribution in [3.63, 3.8) is 0 Å². The van der Waals surface area contributed by atoms with Gasteiger partial charge in [-0.25, -0.2) is 18.7 Å². The number of rotatable bonds is 4. The number of carboxylic acid groups (broad SMARTS) is 1. The number of amides is 1. The zero-order valence-electron chi connectivity index (χ0n) is 9.51. The monoisotopic (exact) mass is 292 g/mol. The van der Waals surface area contributed by atoms with Crippen molar-refractivity contribution in [1.82, 2.24) is 4.72 Å². The van der Waals surface area contributed by atoms with E-state index >= 15 is 0 Å². The lowest BCUT2D eigenvalue weighted by atomic mass is 10.2. The summed E-state index contributed by atoms with van der Waals surface area (Å²) in [7, 11) is -3.48. The first-order valence-corrected chi connectivity index (χ1v) is 6.15. The minimum absolute atomic E-state index is 0.524. The van der Waals surface area contributed by atoms with Crippen molar-refractivity contribution in [3.05, 3.63) is 29.6 Å². The first kappa shape index (κ1) is 14.7. The number of aromatic carboxylic acids is 1. The topological polar surface area (TPSA) is 122 Å². The molecule has 3 N–H and O–H groups in total. The third-order valence-electron chi connectivity index (χ3n) is 1.87. The van der Waals surface area contributed by atoms with E-state index in [0.717, 1.165) is 25.3 Å². The van der Waals surface area contributed by atoms with Crippen LogP contribution < -0.4 is 9.44 Å². The predicted molar refractivity (Wildman–Crippen MR) is 61.4 cm³/mol. The minimum atomic E-state index is -4.42. The van der Waals surface area contributed by atoms with Gasteiger partial charge in [-0.2, -0.15) is 8.42 Å². The Bertz CT molecular complexity index is 615. The Morgan fingerprint density at radius 2 is 2.00 bits per heavy atom. The summed E-state index contributed by atoms with van der Waals surface area (Å²) in [4.78, 5) is 21.6. The highest BCUT2D eigenvalue weighted by molar-refractivity contribution is 7.91. The van der Waals surface area contributed by atoms with E-state index in [-0.39, 0.29) is 0 Å². The van der Waals surface area contributed by atoms with Crippen molar-refractivity contribution >= 4 is 28.0 Å². The standard InChI is InChI=1S/C9H9FN2O6S/c1-18-9(15)12-19(16,17)11-6-4-2-3-5(10)7(6)8(13)14/h2-4,11H,1H3,(H,12,15)(H,13,14). The van der Waals surface area contributed by atoms with Crippen LogP contribution >= 0.6 is 0 Å². The number of benzene rings is 1. The van der Waals surface area contributed by atoms with Crippen LogP contribution in [0.5, 0.6) is 0 Å². The summed E-state index contributed by atoms with van der Waals surface area (Å²) in [6, 6.07) is 3.00. The van der Waals surface area contributed by atoms with Gasteiger partial charge in [-0.05, 0) is 12.1 Å². The summed E-state index contributed by atoms with van der Waals surface area (Å²) in [5.74, 6) is -2.78. The van der Waals surface area contributed by atoms with Crippen molar-refractivity contribution in [1.29, 1.82) is 0 Å². The molecular formula is C9H9FN2O6S. The highest BCUT2D eigenvalue weighted by atomic mass is 32.2. The van der Waals surface area contributed by atoms with Crippen LogP contribution in [0.4, 0.5) is 14.9 Å². The molecule has 0 radical (unpaired) electrons. The average molecular weight is 292 g/mol. The molecule has 1 aromatic rings. The molecule has 0 spiro atoms. The Balaban J connectivity index is 3.10. The van der Waals surface area contributed by atoms with E-state index in [0.29, 0.717) is 0 Å². The Hall–Kier alpha value is -2.36. The Kier molecular flexibility index (Phi) is 4.27. The molecule has 0 saturated heterocycles. The van der Waals surface area contributed by atoms with Crippen molar-refractivity contribution in [2.45, 2.75) is 0 Å². The third-order valence-corrected chi connectivity index (χ3v) is 2.80. The van der Waals surface area contributed by atoms with Gasteiger partial charge >= 0.3 is 22.3 Å². The second-order valence-corrected chi connectivity index (χ2v) is 4.58. The molecule has 0 aliphatic heterocycles. The van der Waals surface area contributed by atoms with E-state index in [1.165, 1.54) is 4.72 Å². The smallest absolute Gasteiger partial charge is 0.422 e. The fourth-order valence-electron chi connectivity index (χ4n) is 1.15. The summed E-state index contributed by atoms with van der Waals surface area (Å²) < 4.78 is 43.3. The molecule has 1 amide bonds. The zero-order valence-corrected chi connectivity index (χ0v) is 10.3. The van der Waals surface area contributed by atoms with Gasteiger partial charge in [0.2, 0.25) is 0 Å². The first-order valence-electron chi connectivity index (χ1n) is 4.67. The number of methoxy groups -OCH3 is 1. The number of carboxylic acids is 1. The van der Waals surface area contributed by atoms with Gasteiger partial charge in [-0.15, -0.1) is 0 Å². The molecule has 0 atom stereocenters. The number of anilines is 1. The van der Waals surface area contributed by atoms with E-state index < -0.39 is 39.3 Å². The second-order valence-electron chi connectivity index (χ2n) is 3.17. The van der Waals surface area contributed by atoms with Crippen LogP contribution in [0.25, 0.3) is 0 Å². The van der Waals surface area contributed by atoms with Gasteiger partial charge in [0.15, 0.2) is 0 Å². The Morgan fingerprint density at radius 3 is 2.53 bits per heavy atom. The van der Waals surface area contributed by atoms with Gasteiger partial charge in [-0.1, -0.05) is 6.07 Å². The van der Waals surface area contributed by atoms with E-state index in [1.807, 2.05) is 0 Å². The fourth-order valence-corrected chi connectivity index (χ4v) is 1.96. The SMILES string of the molecule is COC(=O)NS(=O)(=O)Nc1cccc(F)c1C(=O)O. The molecule has 0 saturated carbocycles. The van der Waals surface area contributed by atoms with E-state index in [1.54, 1.807) is 4.72 Å². The molecule has 0 heterocycles. The Labute approximate surface area is 107 Å². The maximum atomic E-state index is 13.3. The summed E-state index contributed by atoms with van der Waals surface area (Å²) in [5, 5.41) is 8.78. The summed E-state index contributed by atoms with van der Waals surface area (Å²) in [6.45, 7) is 0. The van der Waals surface area contributed by atoms with Crippen LogP contribution in [0.2, 0.25) is 0 Å². The second kappa shape index (κ2) is 5.52. The lowest BCUT2D eigenvalue weighted by Crippen LogP contribution is -2.35. The van der Waals surface area contributed by atoms with E-state index in [2.05, 4.69) is 4.74 Å². The van der Waals surface area contributed by atoms with Crippen LogP contribution in [0, 0.1) is 5.82 Å². The van der Waals surface area contributed by atoms with Gasteiger partial charge in [0, 0.05) is 0 Å². The molecular weight excluding hydrogens is 283 g/mol. The summed E-state index contributed by atoms with van der Waals surface area (Å²) in [5.41, 5.74) is -1.39. The lowest BCUT2D eigenvalue weighted by Gasteiger charge is -2.10. The van der Waals surface area contributed by atoms with Crippen LogP contribution in [0.1, 0.15) is 10.4 Å². The number of carbonyl (C=O) groups excluding carboxylic acids is 1. The number of hydrogen-bond acceptors (Lipinski definition) is 5. The van der Waals surface area contributed by atoms with Crippen LogP contribution in [-0.4, -0.2) is 32.7 Å². The molecule has 0 aromatic heterocycles. The minimum Gasteiger partial charge on any atom is -0.478 e. The fraction of sp³-hybridized carbons (Fsp3) is 0.111. The van der Waals surface area contributed by atoms with Gasteiger partial charge < -0.3 is 9.84 Å².